The van der Waals surface area contributed by atoms with Crippen LogP contribution in [0.5, 0.6) is 17.2 Å². The van der Waals surface area contributed by atoms with Gasteiger partial charge in [0.1, 0.15) is 17.2 Å². The third-order valence-corrected chi connectivity index (χ3v) is 6.12. The van der Waals surface area contributed by atoms with Crippen molar-refractivity contribution < 1.29 is 23.8 Å². The Morgan fingerprint density at radius 2 is 1.73 bits per heavy atom. The molecule has 1 fully saturated rings. The fraction of sp³-hybridized carbons (Fsp3) is 0.462. The molecule has 1 saturated heterocycles. The minimum absolute atomic E-state index is 0.0496. The topological polar surface area (TPSA) is 77.1 Å². The largest absolute Gasteiger partial charge is 0.497 e. The van der Waals surface area contributed by atoms with E-state index in [9.17, 15) is 9.59 Å². The van der Waals surface area contributed by atoms with Crippen LogP contribution in [0.2, 0.25) is 0 Å². The summed E-state index contributed by atoms with van der Waals surface area (Å²) >= 11 is 0. The van der Waals surface area contributed by atoms with Crippen LogP contribution in [0.15, 0.2) is 42.5 Å². The van der Waals surface area contributed by atoms with Crippen LogP contribution < -0.4 is 19.5 Å². The molecule has 33 heavy (non-hydrogen) atoms. The summed E-state index contributed by atoms with van der Waals surface area (Å²) in [5, 5.41) is 3.07. The molecule has 0 aromatic heterocycles. The lowest BCUT2D eigenvalue weighted by molar-refractivity contribution is -0.124. The summed E-state index contributed by atoms with van der Waals surface area (Å²) in [4.78, 5) is 28.3. The van der Waals surface area contributed by atoms with Gasteiger partial charge in [0.15, 0.2) is 0 Å². The molecule has 0 bridgehead atoms. The first kappa shape index (κ1) is 24.4. The van der Waals surface area contributed by atoms with Crippen LogP contribution in [0, 0.1) is 11.8 Å². The van der Waals surface area contributed by atoms with Crippen molar-refractivity contribution in [3.63, 3.8) is 0 Å². The molecule has 2 amide bonds. The molecule has 7 heteroatoms. The number of hydrogen-bond acceptors (Lipinski definition) is 5. The first-order valence-corrected chi connectivity index (χ1v) is 11.3. The molecule has 1 aliphatic rings. The van der Waals surface area contributed by atoms with E-state index in [-0.39, 0.29) is 17.7 Å². The second-order valence-electron chi connectivity index (χ2n) is 8.74. The molecular formula is C26H34N2O5. The van der Waals surface area contributed by atoms with Crippen molar-refractivity contribution >= 4 is 11.8 Å². The maximum absolute atomic E-state index is 13.3. The number of carbonyl (C=O) groups is 2. The minimum Gasteiger partial charge on any atom is -0.497 e. The maximum atomic E-state index is 13.3. The number of nitrogens with zero attached hydrogens (tertiary/aromatic N) is 1. The molecule has 178 valence electrons. The number of ether oxygens (including phenoxy) is 3. The molecule has 0 saturated carbocycles. The summed E-state index contributed by atoms with van der Waals surface area (Å²) in [6, 6.07) is 12.7. The van der Waals surface area contributed by atoms with E-state index >= 15 is 0 Å². The summed E-state index contributed by atoms with van der Waals surface area (Å²) in [5.74, 6) is 1.68. The Hall–Kier alpha value is -3.22. The van der Waals surface area contributed by atoms with Gasteiger partial charge in [0.05, 0.1) is 27.2 Å². The molecule has 0 spiro atoms. The number of rotatable bonds is 9. The maximum Gasteiger partial charge on any atom is 0.254 e. The lowest BCUT2D eigenvalue weighted by atomic mass is 9.87. The quantitative estimate of drug-likeness (QED) is 0.625. The number of likely N-dealkylation sites (tertiary alicyclic amines) is 1. The van der Waals surface area contributed by atoms with Gasteiger partial charge in [0, 0.05) is 36.7 Å². The number of amides is 2. The first-order chi connectivity index (χ1) is 15.9. The molecule has 1 N–H and O–H groups in total. The third-order valence-electron chi connectivity index (χ3n) is 6.12. The first-order valence-electron chi connectivity index (χ1n) is 11.3. The highest BCUT2D eigenvalue weighted by Crippen LogP contribution is 2.40. The zero-order chi connectivity index (χ0) is 24.0. The Labute approximate surface area is 196 Å². The Balaban J connectivity index is 1.91. The number of methoxy groups -OCH3 is 3. The van der Waals surface area contributed by atoms with E-state index in [1.165, 1.54) is 0 Å². The van der Waals surface area contributed by atoms with Crippen molar-refractivity contribution in [1.82, 2.24) is 10.2 Å². The lowest BCUT2D eigenvalue weighted by Gasteiger charge is -2.21. The molecule has 2 aromatic rings. The fourth-order valence-corrected chi connectivity index (χ4v) is 4.23. The molecule has 0 radical (unpaired) electrons. The van der Waals surface area contributed by atoms with Crippen molar-refractivity contribution in [2.75, 3.05) is 41.0 Å². The summed E-state index contributed by atoms with van der Waals surface area (Å²) in [7, 11) is 4.79. The van der Waals surface area contributed by atoms with E-state index in [1.54, 1.807) is 50.5 Å². The van der Waals surface area contributed by atoms with Crippen LogP contribution in [0.25, 0.3) is 0 Å². The van der Waals surface area contributed by atoms with Crippen LogP contribution in [-0.2, 0) is 4.79 Å². The highest BCUT2D eigenvalue weighted by Gasteiger charge is 2.42. The SMILES string of the molecule is COc1cccc(C(=O)N2C[C@@H](C(=O)NCCC(C)C)[C@H](c3cc(OC)ccc3OC)C2)c1. The van der Waals surface area contributed by atoms with Gasteiger partial charge in [-0.1, -0.05) is 19.9 Å². The van der Waals surface area contributed by atoms with Crippen LogP contribution in [-0.4, -0.2) is 57.7 Å². The average molecular weight is 455 g/mol. The van der Waals surface area contributed by atoms with E-state index in [4.69, 9.17) is 14.2 Å². The van der Waals surface area contributed by atoms with Crippen LogP contribution in [0.4, 0.5) is 0 Å². The molecule has 0 unspecified atom stereocenters. The Morgan fingerprint density at radius 1 is 1.00 bits per heavy atom. The predicted molar refractivity (Wildman–Crippen MR) is 127 cm³/mol. The molecule has 0 aliphatic carbocycles. The molecule has 3 rings (SSSR count). The standard InChI is InChI=1S/C26H34N2O5/c1-17(2)11-12-27-25(29)23-16-28(26(30)18-7-6-8-19(13-18)31-3)15-22(23)21-14-20(32-4)9-10-24(21)33-5/h6-10,13-14,17,22-23H,11-12,15-16H2,1-5H3,(H,27,29)/t22-,23+/m0/s1. The molecule has 2 aromatic carbocycles. The molecule has 2 atom stereocenters. The van der Waals surface area contributed by atoms with Gasteiger partial charge in [-0.3, -0.25) is 9.59 Å². The Morgan fingerprint density at radius 3 is 2.39 bits per heavy atom. The van der Waals surface area contributed by atoms with Crippen molar-refractivity contribution in [3.8, 4) is 17.2 Å². The van der Waals surface area contributed by atoms with Crippen molar-refractivity contribution in [2.24, 2.45) is 11.8 Å². The molecular weight excluding hydrogens is 420 g/mol. The highest BCUT2D eigenvalue weighted by atomic mass is 16.5. The molecule has 1 heterocycles. The van der Waals surface area contributed by atoms with Crippen molar-refractivity contribution in [3.05, 3.63) is 53.6 Å². The zero-order valence-electron chi connectivity index (χ0n) is 20.1. The fourth-order valence-electron chi connectivity index (χ4n) is 4.23. The number of benzene rings is 2. The summed E-state index contributed by atoms with van der Waals surface area (Å²) < 4.78 is 16.3. The highest BCUT2D eigenvalue weighted by molar-refractivity contribution is 5.95. The summed E-state index contributed by atoms with van der Waals surface area (Å²) in [5.41, 5.74) is 1.40. The van der Waals surface area contributed by atoms with Gasteiger partial charge < -0.3 is 24.4 Å². The van der Waals surface area contributed by atoms with Crippen molar-refractivity contribution in [1.29, 1.82) is 0 Å². The predicted octanol–water partition coefficient (Wildman–Crippen LogP) is 3.73. The van der Waals surface area contributed by atoms with E-state index in [1.807, 2.05) is 18.2 Å². The third kappa shape index (κ3) is 5.78. The number of hydrogen-bond donors (Lipinski definition) is 1. The second-order valence-corrected chi connectivity index (χ2v) is 8.74. The Kier molecular flexibility index (Phi) is 8.20. The second kappa shape index (κ2) is 11.1. The van der Waals surface area contributed by atoms with E-state index < -0.39 is 5.92 Å². The Bertz CT molecular complexity index is 975. The average Bonchev–Trinajstić information content (AvgIpc) is 3.28. The van der Waals surface area contributed by atoms with Gasteiger partial charge in [-0.25, -0.2) is 0 Å². The van der Waals surface area contributed by atoms with Gasteiger partial charge in [0.25, 0.3) is 5.91 Å². The monoisotopic (exact) mass is 454 g/mol. The van der Waals surface area contributed by atoms with Crippen LogP contribution in [0.1, 0.15) is 42.1 Å². The smallest absolute Gasteiger partial charge is 0.254 e. The number of carbonyl (C=O) groups excluding carboxylic acids is 2. The molecule has 1 aliphatic heterocycles. The van der Waals surface area contributed by atoms with E-state index in [2.05, 4.69) is 19.2 Å². The van der Waals surface area contributed by atoms with Gasteiger partial charge in [0.2, 0.25) is 5.91 Å². The van der Waals surface area contributed by atoms with Crippen LogP contribution in [0.3, 0.4) is 0 Å². The van der Waals surface area contributed by atoms with Gasteiger partial charge >= 0.3 is 0 Å². The van der Waals surface area contributed by atoms with Crippen LogP contribution >= 0.6 is 0 Å². The summed E-state index contributed by atoms with van der Waals surface area (Å²) in [6.45, 7) is 5.59. The molecule has 7 nitrogen and oxygen atoms in total. The van der Waals surface area contributed by atoms with Gasteiger partial charge in [-0.15, -0.1) is 0 Å². The van der Waals surface area contributed by atoms with E-state index in [0.717, 1.165) is 12.0 Å². The van der Waals surface area contributed by atoms with Crippen molar-refractivity contribution in [2.45, 2.75) is 26.2 Å². The van der Waals surface area contributed by atoms with Gasteiger partial charge in [-0.2, -0.15) is 0 Å². The van der Waals surface area contributed by atoms with Gasteiger partial charge in [-0.05, 0) is 48.7 Å². The number of nitrogens with one attached hydrogen (secondary N) is 1. The normalized spacial score (nSPS) is 17.7. The summed E-state index contributed by atoms with van der Waals surface area (Å²) in [6.07, 6.45) is 0.901. The zero-order valence-corrected chi connectivity index (χ0v) is 20.1. The van der Waals surface area contributed by atoms with E-state index in [0.29, 0.717) is 48.4 Å². The lowest BCUT2D eigenvalue weighted by Crippen LogP contribution is -2.36. The minimum atomic E-state index is -0.396.